The summed E-state index contributed by atoms with van der Waals surface area (Å²) in [5, 5.41) is 11.4. The highest BCUT2D eigenvalue weighted by atomic mass is 19.1. The van der Waals surface area contributed by atoms with E-state index in [0.29, 0.717) is 5.75 Å². The lowest BCUT2D eigenvalue weighted by Gasteiger charge is -2.08. The predicted octanol–water partition coefficient (Wildman–Crippen LogP) is 2.33. The lowest BCUT2D eigenvalue weighted by atomic mass is 10.2. The molecule has 0 radical (unpaired) electrons. The van der Waals surface area contributed by atoms with Crippen molar-refractivity contribution in [2.45, 2.75) is 0 Å². The third kappa shape index (κ3) is 4.31. The molecule has 0 aromatic heterocycles. The van der Waals surface area contributed by atoms with Crippen LogP contribution < -0.4 is 10.1 Å². The van der Waals surface area contributed by atoms with Crippen LogP contribution in [0.15, 0.2) is 48.5 Å². The molecule has 0 fully saturated rings. The van der Waals surface area contributed by atoms with Crippen molar-refractivity contribution in [1.29, 1.82) is 0 Å². The predicted molar refractivity (Wildman–Crippen MR) is 77.6 cm³/mol. The van der Waals surface area contributed by atoms with Crippen LogP contribution in [0.2, 0.25) is 0 Å². The molecule has 2 aromatic carbocycles. The molecule has 0 bridgehead atoms. The van der Waals surface area contributed by atoms with E-state index < -0.39 is 17.7 Å². The van der Waals surface area contributed by atoms with Gasteiger partial charge in [-0.1, -0.05) is 12.1 Å². The molecule has 0 aliphatic heterocycles. The fourth-order valence-electron chi connectivity index (χ4n) is 1.78. The Morgan fingerprint density at radius 3 is 2.55 bits per heavy atom. The Morgan fingerprint density at radius 1 is 1.09 bits per heavy atom. The van der Waals surface area contributed by atoms with Gasteiger partial charge in [0.15, 0.2) is 0 Å². The molecule has 0 saturated carbocycles. The van der Waals surface area contributed by atoms with Gasteiger partial charge in [0.2, 0.25) is 0 Å². The average Bonchev–Trinajstić information content (AvgIpc) is 2.51. The van der Waals surface area contributed by atoms with Crippen LogP contribution in [0.25, 0.3) is 0 Å². The van der Waals surface area contributed by atoms with Crippen LogP contribution in [0, 0.1) is 5.82 Å². The molecule has 0 atom stereocenters. The Morgan fingerprint density at radius 2 is 1.82 bits per heavy atom. The topological polar surface area (TPSA) is 75.6 Å². The number of aromatic carboxylic acids is 1. The number of rotatable bonds is 6. The van der Waals surface area contributed by atoms with Crippen molar-refractivity contribution >= 4 is 11.9 Å². The van der Waals surface area contributed by atoms with Gasteiger partial charge in [-0.3, -0.25) is 4.79 Å². The second-order valence-corrected chi connectivity index (χ2v) is 4.45. The van der Waals surface area contributed by atoms with Crippen LogP contribution in [-0.4, -0.2) is 30.1 Å². The highest BCUT2D eigenvalue weighted by molar-refractivity contribution is 5.94. The van der Waals surface area contributed by atoms with Crippen molar-refractivity contribution in [2.24, 2.45) is 0 Å². The number of carbonyl (C=O) groups excluding carboxylic acids is 1. The Labute approximate surface area is 126 Å². The lowest BCUT2D eigenvalue weighted by molar-refractivity contribution is 0.0696. The Balaban J connectivity index is 1.81. The van der Waals surface area contributed by atoms with Crippen LogP contribution in [-0.2, 0) is 0 Å². The summed E-state index contributed by atoms with van der Waals surface area (Å²) >= 11 is 0. The van der Waals surface area contributed by atoms with Crippen LogP contribution in [0.5, 0.6) is 5.75 Å². The molecule has 6 heteroatoms. The molecule has 22 heavy (non-hydrogen) atoms. The summed E-state index contributed by atoms with van der Waals surface area (Å²) in [5.41, 5.74) is 0.356. The smallest absolute Gasteiger partial charge is 0.335 e. The first-order valence-electron chi connectivity index (χ1n) is 6.56. The molecular formula is C16H14FNO4. The summed E-state index contributed by atoms with van der Waals surface area (Å²) in [6.45, 7) is 0.386. The first-order valence-corrected chi connectivity index (χ1v) is 6.56. The third-order valence-corrected chi connectivity index (χ3v) is 2.82. The molecule has 5 nitrogen and oxygen atoms in total. The molecule has 2 N–H and O–H groups in total. The minimum absolute atomic E-state index is 0.126. The third-order valence-electron chi connectivity index (χ3n) is 2.82. The van der Waals surface area contributed by atoms with Crippen LogP contribution in [0.3, 0.4) is 0 Å². The van der Waals surface area contributed by atoms with Crippen molar-refractivity contribution in [3.8, 4) is 5.75 Å². The van der Waals surface area contributed by atoms with E-state index in [2.05, 4.69) is 5.32 Å². The van der Waals surface area contributed by atoms with Crippen molar-refractivity contribution in [3.63, 3.8) is 0 Å². The second-order valence-electron chi connectivity index (χ2n) is 4.45. The Kier molecular flexibility index (Phi) is 5.08. The molecule has 0 aliphatic carbocycles. The van der Waals surface area contributed by atoms with Gasteiger partial charge in [-0.25, -0.2) is 9.18 Å². The molecule has 1 amide bonds. The number of hydrogen-bond donors (Lipinski definition) is 2. The van der Waals surface area contributed by atoms with E-state index in [4.69, 9.17) is 9.84 Å². The van der Waals surface area contributed by atoms with Crippen LogP contribution >= 0.6 is 0 Å². The summed E-state index contributed by atoms with van der Waals surface area (Å²) in [7, 11) is 0. The molecule has 0 saturated heterocycles. The maximum Gasteiger partial charge on any atom is 0.335 e. The molecular weight excluding hydrogens is 289 g/mol. The molecule has 0 heterocycles. The zero-order chi connectivity index (χ0) is 15.9. The first-order chi connectivity index (χ1) is 10.6. The van der Waals surface area contributed by atoms with Crippen molar-refractivity contribution in [1.82, 2.24) is 5.32 Å². The molecule has 0 spiro atoms. The zero-order valence-electron chi connectivity index (χ0n) is 11.6. The highest BCUT2D eigenvalue weighted by Gasteiger charge is 2.06. The Bertz CT molecular complexity index is 687. The summed E-state index contributed by atoms with van der Waals surface area (Å²) in [5.74, 6) is -1.51. The van der Waals surface area contributed by atoms with E-state index in [1.165, 1.54) is 30.3 Å². The Hall–Kier alpha value is -2.89. The number of hydrogen-bond acceptors (Lipinski definition) is 3. The highest BCUT2D eigenvalue weighted by Crippen LogP contribution is 2.13. The number of carbonyl (C=O) groups is 2. The largest absolute Gasteiger partial charge is 0.492 e. The second kappa shape index (κ2) is 7.21. The number of benzene rings is 2. The van der Waals surface area contributed by atoms with Crippen LogP contribution in [0.4, 0.5) is 4.39 Å². The van der Waals surface area contributed by atoms with Gasteiger partial charge < -0.3 is 15.2 Å². The fraction of sp³-hybridized carbons (Fsp3) is 0.125. The number of halogens is 1. The van der Waals surface area contributed by atoms with Gasteiger partial charge in [0.25, 0.3) is 5.91 Å². The minimum atomic E-state index is -1.04. The lowest BCUT2D eigenvalue weighted by Crippen LogP contribution is -2.28. The van der Waals surface area contributed by atoms with E-state index in [1.807, 2.05) is 0 Å². The minimum Gasteiger partial charge on any atom is -0.492 e. The van der Waals surface area contributed by atoms with Crippen LogP contribution in [0.1, 0.15) is 20.7 Å². The molecule has 2 aromatic rings. The maximum atomic E-state index is 13.0. The monoisotopic (exact) mass is 303 g/mol. The van der Waals surface area contributed by atoms with Gasteiger partial charge in [-0.2, -0.15) is 0 Å². The fourth-order valence-corrected chi connectivity index (χ4v) is 1.78. The van der Waals surface area contributed by atoms with Gasteiger partial charge in [0.05, 0.1) is 12.1 Å². The number of carboxylic acid groups (broad SMARTS) is 1. The standard InChI is InChI=1S/C16H14FNO4/c17-13-5-1-3-11(9-13)15(19)18-7-8-22-14-6-2-4-12(10-14)16(20)21/h1-6,9-10H,7-8H2,(H,18,19)(H,20,21). The SMILES string of the molecule is O=C(O)c1cccc(OCCNC(=O)c2cccc(F)c2)c1. The number of ether oxygens (including phenoxy) is 1. The summed E-state index contributed by atoms with van der Waals surface area (Å²) in [4.78, 5) is 22.6. The molecule has 114 valence electrons. The van der Waals surface area contributed by atoms with E-state index in [9.17, 15) is 14.0 Å². The van der Waals surface area contributed by atoms with Crippen molar-refractivity contribution in [3.05, 3.63) is 65.5 Å². The zero-order valence-corrected chi connectivity index (χ0v) is 11.6. The van der Waals surface area contributed by atoms with Crippen molar-refractivity contribution < 1.29 is 23.8 Å². The van der Waals surface area contributed by atoms with Gasteiger partial charge in [0.1, 0.15) is 18.2 Å². The summed E-state index contributed by atoms with van der Waals surface area (Å²) in [6, 6.07) is 11.4. The van der Waals surface area contributed by atoms with Crippen molar-refractivity contribution in [2.75, 3.05) is 13.2 Å². The number of carboxylic acids is 1. The first kappa shape index (κ1) is 15.5. The molecule has 0 unspecified atom stereocenters. The number of nitrogens with one attached hydrogen (secondary N) is 1. The molecule has 2 rings (SSSR count). The quantitative estimate of drug-likeness (QED) is 0.803. The average molecular weight is 303 g/mol. The van der Waals surface area contributed by atoms with E-state index in [1.54, 1.807) is 12.1 Å². The van der Waals surface area contributed by atoms with E-state index in [0.717, 1.165) is 6.07 Å². The van der Waals surface area contributed by atoms with E-state index >= 15 is 0 Å². The maximum absolute atomic E-state index is 13.0. The van der Waals surface area contributed by atoms with Gasteiger partial charge >= 0.3 is 5.97 Å². The summed E-state index contributed by atoms with van der Waals surface area (Å²) < 4.78 is 18.3. The van der Waals surface area contributed by atoms with E-state index in [-0.39, 0.29) is 24.3 Å². The van der Waals surface area contributed by atoms with Gasteiger partial charge in [-0.05, 0) is 36.4 Å². The van der Waals surface area contributed by atoms with Gasteiger partial charge in [0, 0.05) is 5.56 Å². The van der Waals surface area contributed by atoms with Gasteiger partial charge in [-0.15, -0.1) is 0 Å². The molecule has 0 aliphatic rings. The normalized spacial score (nSPS) is 10.0. The number of amides is 1. The summed E-state index contributed by atoms with van der Waals surface area (Å²) in [6.07, 6.45) is 0.